The topological polar surface area (TPSA) is 24.5 Å². The van der Waals surface area contributed by atoms with Crippen LogP contribution in [0.2, 0.25) is 0 Å². The molecular weight excluding hydrogens is 219 g/mol. The predicted octanol–water partition coefficient (Wildman–Crippen LogP) is 1.42. The fourth-order valence-electron chi connectivity index (χ4n) is 2.26. The highest BCUT2D eigenvalue weighted by Crippen LogP contribution is 2.23. The molecule has 0 amide bonds. The zero-order valence-electron chi connectivity index (χ0n) is 10.2. The van der Waals surface area contributed by atoms with Gasteiger partial charge in [0, 0.05) is 25.2 Å². The van der Waals surface area contributed by atoms with Crippen molar-refractivity contribution in [2.24, 2.45) is 0 Å². The molecule has 1 N–H and O–H groups in total. The average molecular weight is 238 g/mol. The number of hydrogen-bond donors (Lipinski definition) is 1. The molecule has 1 aromatic rings. The standard InChI is InChI=1S/C13H19FN2O/c1-15-10-13(16-6-8-17-9-7-16)11-4-2-3-5-12(11)14/h2-5,13,15H,6-10H2,1H3. The number of halogens is 1. The lowest BCUT2D eigenvalue weighted by Gasteiger charge is -2.34. The van der Waals surface area contributed by atoms with Crippen molar-refractivity contribution in [2.75, 3.05) is 39.9 Å². The van der Waals surface area contributed by atoms with Crippen LogP contribution in [0.1, 0.15) is 11.6 Å². The maximum atomic E-state index is 13.8. The van der Waals surface area contributed by atoms with E-state index >= 15 is 0 Å². The van der Waals surface area contributed by atoms with Gasteiger partial charge in [0.25, 0.3) is 0 Å². The highest BCUT2D eigenvalue weighted by atomic mass is 19.1. The van der Waals surface area contributed by atoms with Crippen molar-refractivity contribution in [3.8, 4) is 0 Å². The van der Waals surface area contributed by atoms with Crippen molar-refractivity contribution in [2.45, 2.75) is 6.04 Å². The van der Waals surface area contributed by atoms with Gasteiger partial charge >= 0.3 is 0 Å². The van der Waals surface area contributed by atoms with Gasteiger partial charge in [-0.15, -0.1) is 0 Å². The molecule has 0 bridgehead atoms. The quantitative estimate of drug-likeness (QED) is 0.858. The summed E-state index contributed by atoms with van der Waals surface area (Å²) in [4.78, 5) is 2.28. The lowest BCUT2D eigenvalue weighted by Crippen LogP contribution is -2.42. The third kappa shape index (κ3) is 3.03. The van der Waals surface area contributed by atoms with Crippen LogP contribution < -0.4 is 5.32 Å². The van der Waals surface area contributed by atoms with Crippen LogP contribution in [0.3, 0.4) is 0 Å². The molecule has 1 heterocycles. The Hall–Kier alpha value is -0.970. The Balaban J connectivity index is 2.18. The first-order valence-corrected chi connectivity index (χ1v) is 6.03. The molecular formula is C13H19FN2O. The summed E-state index contributed by atoms with van der Waals surface area (Å²) in [6.45, 7) is 3.94. The number of morpholine rings is 1. The Kier molecular flexibility index (Phi) is 4.48. The van der Waals surface area contributed by atoms with Gasteiger partial charge in [-0.05, 0) is 13.1 Å². The molecule has 0 aliphatic carbocycles. The number of benzene rings is 1. The van der Waals surface area contributed by atoms with Crippen molar-refractivity contribution in [3.05, 3.63) is 35.6 Å². The van der Waals surface area contributed by atoms with E-state index in [-0.39, 0.29) is 11.9 Å². The third-order valence-corrected chi connectivity index (χ3v) is 3.15. The van der Waals surface area contributed by atoms with Gasteiger partial charge in [-0.1, -0.05) is 18.2 Å². The van der Waals surface area contributed by atoms with Crippen molar-refractivity contribution in [3.63, 3.8) is 0 Å². The monoisotopic (exact) mass is 238 g/mol. The van der Waals surface area contributed by atoms with Gasteiger partial charge in [0.2, 0.25) is 0 Å². The van der Waals surface area contributed by atoms with E-state index in [0.717, 1.165) is 38.4 Å². The van der Waals surface area contributed by atoms with Gasteiger partial charge in [-0.3, -0.25) is 4.90 Å². The Morgan fingerprint density at radius 2 is 2.06 bits per heavy atom. The zero-order chi connectivity index (χ0) is 12.1. The Bertz CT molecular complexity index is 353. The number of hydrogen-bond acceptors (Lipinski definition) is 3. The molecule has 1 aliphatic heterocycles. The molecule has 1 aromatic carbocycles. The lowest BCUT2D eigenvalue weighted by molar-refractivity contribution is 0.0158. The fraction of sp³-hybridized carbons (Fsp3) is 0.538. The second-order valence-corrected chi connectivity index (χ2v) is 4.24. The van der Waals surface area contributed by atoms with Crippen molar-refractivity contribution in [1.29, 1.82) is 0 Å². The summed E-state index contributed by atoms with van der Waals surface area (Å²) in [7, 11) is 1.90. The molecule has 2 rings (SSSR count). The van der Waals surface area contributed by atoms with E-state index in [9.17, 15) is 4.39 Å². The molecule has 17 heavy (non-hydrogen) atoms. The fourth-order valence-corrected chi connectivity index (χ4v) is 2.26. The predicted molar refractivity (Wildman–Crippen MR) is 65.5 cm³/mol. The van der Waals surface area contributed by atoms with E-state index in [1.807, 2.05) is 19.2 Å². The second kappa shape index (κ2) is 6.10. The molecule has 0 saturated carbocycles. The summed E-state index contributed by atoms with van der Waals surface area (Å²) in [5.74, 6) is -0.126. The van der Waals surface area contributed by atoms with Crippen LogP contribution in [-0.4, -0.2) is 44.8 Å². The van der Waals surface area contributed by atoms with Crippen LogP contribution >= 0.6 is 0 Å². The van der Waals surface area contributed by atoms with E-state index in [2.05, 4.69) is 10.2 Å². The highest BCUT2D eigenvalue weighted by Gasteiger charge is 2.23. The Morgan fingerprint density at radius 3 is 2.71 bits per heavy atom. The van der Waals surface area contributed by atoms with Crippen LogP contribution in [-0.2, 0) is 4.74 Å². The van der Waals surface area contributed by atoms with E-state index in [1.165, 1.54) is 6.07 Å². The molecule has 1 aliphatic rings. The molecule has 1 fully saturated rings. The van der Waals surface area contributed by atoms with Crippen LogP contribution in [0.15, 0.2) is 24.3 Å². The van der Waals surface area contributed by atoms with Crippen LogP contribution in [0.4, 0.5) is 4.39 Å². The largest absolute Gasteiger partial charge is 0.379 e. The minimum atomic E-state index is -0.126. The number of rotatable bonds is 4. The van der Waals surface area contributed by atoms with Crippen LogP contribution in [0.25, 0.3) is 0 Å². The third-order valence-electron chi connectivity index (χ3n) is 3.15. The molecule has 94 valence electrons. The van der Waals surface area contributed by atoms with Crippen molar-refractivity contribution >= 4 is 0 Å². The van der Waals surface area contributed by atoms with E-state index in [1.54, 1.807) is 6.07 Å². The molecule has 4 heteroatoms. The first-order chi connectivity index (χ1) is 8.33. The van der Waals surface area contributed by atoms with Crippen LogP contribution in [0, 0.1) is 5.82 Å². The number of likely N-dealkylation sites (N-methyl/N-ethyl adjacent to an activating group) is 1. The van der Waals surface area contributed by atoms with E-state index in [4.69, 9.17) is 4.74 Å². The van der Waals surface area contributed by atoms with Gasteiger partial charge in [0.15, 0.2) is 0 Å². The second-order valence-electron chi connectivity index (χ2n) is 4.24. The minimum absolute atomic E-state index is 0.0881. The van der Waals surface area contributed by atoms with Gasteiger partial charge < -0.3 is 10.1 Å². The molecule has 1 saturated heterocycles. The van der Waals surface area contributed by atoms with Gasteiger partial charge in [0.05, 0.1) is 19.3 Å². The molecule has 0 aromatic heterocycles. The Labute approximate surface area is 102 Å². The molecule has 3 nitrogen and oxygen atoms in total. The summed E-state index contributed by atoms with van der Waals surface area (Å²) in [6.07, 6.45) is 0. The highest BCUT2D eigenvalue weighted by molar-refractivity contribution is 5.21. The number of ether oxygens (including phenoxy) is 1. The Morgan fingerprint density at radius 1 is 1.35 bits per heavy atom. The summed E-state index contributed by atoms with van der Waals surface area (Å²) < 4.78 is 19.2. The smallest absolute Gasteiger partial charge is 0.128 e. The van der Waals surface area contributed by atoms with E-state index < -0.39 is 0 Å². The van der Waals surface area contributed by atoms with Crippen molar-refractivity contribution < 1.29 is 9.13 Å². The maximum Gasteiger partial charge on any atom is 0.128 e. The zero-order valence-corrected chi connectivity index (χ0v) is 10.2. The number of nitrogens with zero attached hydrogens (tertiary/aromatic N) is 1. The first kappa shape index (κ1) is 12.5. The van der Waals surface area contributed by atoms with Crippen LogP contribution in [0.5, 0.6) is 0 Å². The summed E-state index contributed by atoms with van der Waals surface area (Å²) in [5.41, 5.74) is 0.767. The van der Waals surface area contributed by atoms with E-state index in [0.29, 0.717) is 0 Å². The SMILES string of the molecule is CNCC(c1ccccc1F)N1CCOCC1. The summed E-state index contributed by atoms with van der Waals surface area (Å²) >= 11 is 0. The summed E-state index contributed by atoms with van der Waals surface area (Å²) in [5, 5.41) is 3.14. The number of nitrogens with one attached hydrogen (secondary N) is 1. The minimum Gasteiger partial charge on any atom is -0.379 e. The lowest BCUT2D eigenvalue weighted by atomic mass is 10.0. The first-order valence-electron chi connectivity index (χ1n) is 6.03. The molecule has 0 radical (unpaired) electrons. The van der Waals surface area contributed by atoms with Crippen molar-refractivity contribution in [1.82, 2.24) is 10.2 Å². The molecule has 1 atom stereocenters. The maximum absolute atomic E-state index is 13.8. The summed E-state index contributed by atoms with van der Waals surface area (Å²) in [6, 6.07) is 7.10. The normalized spacial score (nSPS) is 19.2. The average Bonchev–Trinajstić information content (AvgIpc) is 2.38. The molecule has 0 spiro atoms. The van der Waals surface area contributed by atoms with Gasteiger partial charge in [-0.25, -0.2) is 4.39 Å². The van der Waals surface area contributed by atoms with Gasteiger partial charge in [-0.2, -0.15) is 0 Å². The molecule has 1 unspecified atom stereocenters. The van der Waals surface area contributed by atoms with Gasteiger partial charge in [0.1, 0.15) is 5.82 Å².